The zero-order chi connectivity index (χ0) is 27.5. The van der Waals surface area contributed by atoms with Crippen LogP contribution in [0.15, 0.2) is 67.0 Å². The van der Waals surface area contributed by atoms with Gasteiger partial charge in [-0.2, -0.15) is 0 Å². The molecule has 0 spiro atoms. The van der Waals surface area contributed by atoms with E-state index in [1.54, 1.807) is 6.20 Å². The molecule has 2 aliphatic rings. The van der Waals surface area contributed by atoms with Crippen LogP contribution in [0, 0.1) is 5.92 Å². The average Bonchev–Trinajstić information content (AvgIpc) is 3.63. The predicted molar refractivity (Wildman–Crippen MR) is 150 cm³/mol. The van der Waals surface area contributed by atoms with Crippen LogP contribution in [-0.4, -0.2) is 34.7 Å². The number of fused-ring (bicyclic) bond motifs is 2. The molecule has 8 nitrogen and oxygen atoms in total. The van der Waals surface area contributed by atoms with E-state index in [1.807, 2.05) is 47.9 Å². The van der Waals surface area contributed by atoms with Crippen LogP contribution < -0.4 is 14.8 Å². The molecule has 8 heteroatoms. The smallest absolute Gasteiger partial charge is 0.306 e. The number of benzene rings is 2. The minimum atomic E-state index is -0.232. The van der Waals surface area contributed by atoms with Crippen molar-refractivity contribution in [2.24, 2.45) is 5.92 Å². The van der Waals surface area contributed by atoms with Crippen molar-refractivity contribution >= 4 is 17.5 Å². The van der Waals surface area contributed by atoms with E-state index >= 15 is 0 Å². The van der Waals surface area contributed by atoms with E-state index in [0.717, 1.165) is 48.1 Å². The number of rotatable bonds is 8. The van der Waals surface area contributed by atoms with Crippen LogP contribution in [-0.2, 0) is 16.1 Å². The molecule has 1 amide bonds. The molecule has 1 aliphatic carbocycles. The molecule has 40 heavy (non-hydrogen) atoms. The van der Waals surface area contributed by atoms with Gasteiger partial charge in [0.15, 0.2) is 11.5 Å². The largest absolute Gasteiger partial charge is 0.466 e. The predicted octanol–water partition coefficient (Wildman–Crippen LogP) is 5.89. The quantitative estimate of drug-likeness (QED) is 0.281. The molecule has 0 saturated heterocycles. The molecular weight excluding hydrogens is 506 g/mol. The Labute approximate surface area is 233 Å². The number of esters is 1. The van der Waals surface area contributed by atoms with Gasteiger partial charge in [-0.3, -0.25) is 9.59 Å². The number of nitrogens with one attached hydrogen (secondary N) is 1. The second-order valence-corrected chi connectivity index (χ2v) is 10.5. The van der Waals surface area contributed by atoms with Crippen LogP contribution >= 0.6 is 0 Å². The highest BCUT2D eigenvalue weighted by Crippen LogP contribution is 2.38. The van der Waals surface area contributed by atoms with Gasteiger partial charge in [0.2, 0.25) is 6.79 Å². The maximum Gasteiger partial charge on any atom is 0.306 e. The first-order valence-electron chi connectivity index (χ1n) is 14.0. The lowest BCUT2D eigenvalue weighted by Gasteiger charge is -2.28. The van der Waals surface area contributed by atoms with E-state index in [0.29, 0.717) is 48.5 Å². The van der Waals surface area contributed by atoms with E-state index < -0.39 is 0 Å². The van der Waals surface area contributed by atoms with E-state index in [4.69, 9.17) is 14.2 Å². The number of imidazole rings is 1. The number of hydrogen-bond acceptors (Lipinski definition) is 6. The fraction of sp³-hybridized carbons (Fsp3) is 0.344. The molecule has 6 rings (SSSR count). The van der Waals surface area contributed by atoms with Crippen molar-refractivity contribution in [3.63, 3.8) is 0 Å². The highest BCUT2D eigenvalue weighted by molar-refractivity contribution is 5.92. The third kappa shape index (κ3) is 5.66. The Morgan fingerprint density at radius 2 is 1.73 bits per heavy atom. The van der Waals surface area contributed by atoms with Crippen molar-refractivity contribution < 1.29 is 23.8 Å². The third-order valence-corrected chi connectivity index (χ3v) is 7.90. The van der Waals surface area contributed by atoms with Crippen LogP contribution in [0.2, 0.25) is 0 Å². The first-order chi connectivity index (χ1) is 19.6. The Bertz CT molecular complexity index is 1520. The Kier molecular flexibility index (Phi) is 7.40. The topological polar surface area (TPSA) is 91.2 Å². The number of ether oxygens (including phenoxy) is 3. The third-order valence-electron chi connectivity index (χ3n) is 7.90. The molecule has 2 aromatic heterocycles. The number of hydrogen-bond donors (Lipinski definition) is 1. The molecule has 4 aromatic rings. The Morgan fingerprint density at radius 1 is 0.950 bits per heavy atom. The second-order valence-electron chi connectivity index (χ2n) is 10.5. The summed E-state index contributed by atoms with van der Waals surface area (Å²) in [5.74, 6) is 2.08. The molecule has 0 radical (unpaired) electrons. The van der Waals surface area contributed by atoms with Gasteiger partial charge in [0.25, 0.3) is 5.91 Å². The SMILES string of the molecule is CCOC(=O)C[C@H]1CC[C@H](c2ccc(-c3ccc4nc(C(=O)NCc5ccc6c(c5)OCO6)cn4c3)cc2)CC1. The lowest BCUT2D eigenvalue weighted by Crippen LogP contribution is -2.23. The van der Waals surface area contributed by atoms with Gasteiger partial charge < -0.3 is 23.9 Å². The number of pyridine rings is 1. The zero-order valence-corrected chi connectivity index (χ0v) is 22.6. The maximum atomic E-state index is 12.8. The minimum Gasteiger partial charge on any atom is -0.466 e. The molecule has 1 aliphatic heterocycles. The number of carbonyl (C=O) groups excluding carboxylic acids is 2. The molecular formula is C32H33N3O5. The summed E-state index contributed by atoms with van der Waals surface area (Å²) in [7, 11) is 0. The van der Waals surface area contributed by atoms with Crippen molar-refractivity contribution in [3.8, 4) is 22.6 Å². The summed E-state index contributed by atoms with van der Waals surface area (Å²) < 4.78 is 17.8. The van der Waals surface area contributed by atoms with E-state index in [-0.39, 0.29) is 18.7 Å². The van der Waals surface area contributed by atoms with Crippen molar-refractivity contribution in [1.82, 2.24) is 14.7 Å². The van der Waals surface area contributed by atoms with Crippen LogP contribution in [0.4, 0.5) is 0 Å². The molecule has 1 fully saturated rings. The van der Waals surface area contributed by atoms with Gasteiger partial charge in [0.05, 0.1) is 6.61 Å². The lowest BCUT2D eigenvalue weighted by atomic mass is 9.77. The van der Waals surface area contributed by atoms with Gasteiger partial charge in [-0.05, 0) is 91.0 Å². The van der Waals surface area contributed by atoms with Crippen LogP contribution in [0.5, 0.6) is 11.5 Å². The summed E-state index contributed by atoms with van der Waals surface area (Å²) in [5, 5.41) is 2.93. The summed E-state index contributed by atoms with van der Waals surface area (Å²) in [5.41, 5.74) is 5.53. The summed E-state index contributed by atoms with van der Waals surface area (Å²) in [4.78, 5) is 29.1. The fourth-order valence-electron chi connectivity index (χ4n) is 5.70. The number of aromatic nitrogens is 2. The number of amides is 1. The van der Waals surface area contributed by atoms with Crippen molar-refractivity contribution in [2.45, 2.75) is 51.5 Å². The molecule has 0 unspecified atom stereocenters. The normalized spacial score (nSPS) is 18.0. The highest BCUT2D eigenvalue weighted by Gasteiger charge is 2.24. The Balaban J connectivity index is 1.07. The summed E-state index contributed by atoms with van der Waals surface area (Å²) in [6, 6.07) is 18.4. The molecule has 0 bridgehead atoms. The van der Waals surface area contributed by atoms with E-state index in [1.165, 1.54) is 5.56 Å². The summed E-state index contributed by atoms with van der Waals surface area (Å²) in [6.45, 7) is 2.90. The second kappa shape index (κ2) is 11.4. The van der Waals surface area contributed by atoms with Gasteiger partial charge >= 0.3 is 5.97 Å². The minimum absolute atomic E-state index is 0.0702. The summed E-state index contributed by atoms with van der Waals surface area (Å²) in [6.07, 6.45) is 8.64. The van der Waals surface area contributed by atoms with Crippen LogP contribution in [0.25, 0.3) is 16.8 Å². The Hall–Kier alpha value is -4.33. The van der Waals surface area contributed by atoms with Crippen LogP contribution in [0.1, 0.15) is 66.6 Å². The number of carbonyl (C=O) groups is 2. The summed E-state index contributed by atoms with van der Waals surface area (Å²) >= 11 is 0. The molecule has 0 atom stereocenters. The first kappa shape index (κ1) is 25.9. The lowest BCUT2D eigenvalue weighted by molar-refractivity contribution is -0.144. The van der Waals surface area contributed by atoms with Gasteiger partial charge in [0, 0.05) is 25.4 Å². The van der Waals surface area contributed by atoms with Crippen molar-refractivity contribution in [1.29, 1.82) is 0 Å². The molecule has 206 valence electrons. The first-order valence-corrected chi connectivity index (χ1v) is 14.0. The van der Waals surface area contributed by atoms with Gasteiger partial charge in [-0.1, -0.05) is 30.3 Å². The van der Waals surface area contributed by atoms with Crippen molar-refractivity contribution in [3.05, 3.63) is 83.8 Å². The molecule has 2 aromatic carbocycles. The average molecular weight is 540 g/mol. The molecule has 3 heterocycles. The number of nitrogens with zero attached hydrogens (tertiary/aromatic N) is 2. The standard InChI is InChI=1S/C32H33N3O5/c1-2-38-31(36)16-21-3-6-23(7-4-21)24-8-10-25(11-9-24)26-12-14-30-34-27(19-35(30)18-26)32(37)33-17-22-5-13-28-29(15-22)40-20-39-28/h5,8-15,18-19,21,23H,2-4,6-7,16-17,20H2,1H3,(H,33,37)/t21-,23-. The molecule has 1 saturated carbocycles. The van der Waals surface area contributed by atoms with E-state index in [2.05, 4.69) is 34.6 Å². The Morgan fingerprint density at radius 3 is 2.52 bits per heavy atom. The van der Waals surface area contributed by atoms with Gasteiger partial charge in [-0.25, -0.2) is 4.98 Å². The molecule has 1 N–H and O–H groups in total. The zero-order valence-electron chi connectivity index (χ0n) is 22.6. The van der Waals surface area contributed by atoms with E-state index in [9.17, 15) is 9.59 Å². The fourth-order valence-corrected chi connectivity index (χ4v) is 5.70. The highest BCUT2D eigenvalue weighted by atomic mass is 16.7. The van der Waals surface area contributed by atoms with Crippen LogP contribution in [0.3, 0.4) is 0 Å². The van der Waals surface area contributed by atoms with Gasteiger partial charge in [0.1, 0.15) is 11.3 Å². The monoisotopic (exact) mass is 539 g/mol. The van der Waals surface area contributed by atoms with Gasteiger partial charge in [-0.15, -0.1) is 0 Å². The van der Waals surface area contributed by atoms with Crippen molar-refractivity contribution in [2.75, 3.05) is 13.4 Å². The maximum absolute atomic E-state index is 12.8.